The number of hydrogen-bond donors (Lipinski definition) is 1. The second kappa shape index (κ2) is 4.62. The summed E-state index contributed by atoms with van der Waals surface area (Å²) in [5.74, 6) is 1.42. The molecule has 0 heterocycles. The summed E-state index contributed by atoms with van der Waals surface area (Å²) in [6.45, 7) is -0.171. The van der Waals surface area contributed by atoms with E-state index in [2.05, 4.69) is 10.6 Å². The maximum Gasteiger partial charge on any atom is 0.243 e. The average Bonchev–Trinajstić information content (AvgIpc) is 2.18. The van der Waals surface area contributed by atoms with Gasteiger partial charge in [0.1, 0.15) is 10.7 Å². The van der Waals surface area contributed by atoms with E-state index in [1.54, 1.807) is 0 Å². The van der Waals surface area contributed by atoms with E-state index in [4.69, 9.17) is 18.0 Å². The third kappa shape index (κ3) is 2.93. The number of halogens is 2. The van der Waals surface area contributed by atoms with Gasteiger partial charge in [0.05, 0.1) is 11.6 Å². The van der Waals surface area contributed by atoms with Crippen LogP contribution < -0.4 is 4.72 Å². The van der Waals surface area contributed by atoms with Crippen LogP contribution in [-0.2, 0) is 10.0 Å². The van der Waals surface area contributed by atoms with Crippen molar-refractivity contribution in [3.8, 4) is 12.3 Å². The van der Waals surface area contributed by atoms with Crippen LogP contribution in [0.2, 0.25) is 5.02 Å². The van der Waals surface area contributed by atoms with Crippen LogP contribution in [0.25, 0.3) is 0 Å². The highest BCUT2D eigenvalue weighted by Gasteiger charge is 2.17. The molecule has 1 rings (SSSR count). The van der Waals surface area contributed by atoms with Gasteiger partial charge in [0.2, 0.25) is 10.0 Å². The fourth-order valence-electron chi connectivity index (χ4n) is 0.898. The van der Waals surface area contributed by atoms with Crippen molar-refractivity contribution in [1.29, 1.82) is 0 Å². The van der Waals surface area contributed by atoms with E-state index in [1.165, 1.54) is 6.07 Å². The number of rotatable bonds is 3. The summed E-state index contributed by atoms with van der Waals surface area (Å²) < 4.78 is 37.9. The fraction of sp³-hybridized carbons (Fsp3) is 0.111. The third-order valence-electron chi connectivity index (χ3n) is 1.55. The minimum absolute atomic E-state index is 0.0547. The van der Waals surface area contributed by atoms with Gasteiger partial charge in [-0.25, -0.2) is 12.8 Å². The highest BCUT2D eigenvalue weighted by atomic mass is 35.5. The predicted molar refractivity (Wildman–Crippen MR) is 55.4 cm³/mol. The molecule has 0 spiro atoms. The van der Waals surface area contributed by atoms with Crippen molar-refractivity contribution in [2.45, 2.75) is 4.90 Å². The van der Waals surface area contributed by atoms with E-state index >= 15 is 0 Å². The molecule has 0 atom stereocenters. The maximum atomic E-state index is 12.8. The highest BCUT2D eigenvalue weighted by Crippen LogP contribution is 2.21. The second-order valence-electron chi connectivity index (χ2n) is 2.60. The molecule has 0 aliphatic rings. The first kappa shape index (κ1) is 12.0. The molecule has 6 heteroatoms. The zero-order valence-electron chi connectivity index (χ0n) is 7.50. The Morgan fingerprint density at radius 1 is 1.53 bits per heavy atom. The Labute approximate surface area is 92.3 Å². The lowest BCUT2D eigenvalue weighted by Crippen LogP contribution is -2.24. The molecule has 0 amide bonds. The second-order valence-corrected chi connectivity index (χ2v) is 4.75. The van der Waals surface area contributed by atoms with Crippen molar-refractivity contribution in [1.82, 2.24) is 4.72 Å². The first-order valence-corrected chi connectivity index (χ1v) is 5.71. The Hall–Kier alpha value is -1.09. The van der Waals surface area contributed by atoms with Crippen LogP contribution in [0.4, 0.5) is 4.39 Å². The lowest BCUT2D eigenvalue weighted by Gasteiger charge is -2.05. The van der Waals surface area contributed by atoms with Crippen LogP contribution in [0.5, 0.6) is 0 Å². The van der Waals surface area contributed by atoms with Gasteiger partial charge in [0.25, 0.3) is 0 Å². The van der Waals surface area contributed by atoms with Gasteiger partial charge >= 0.3 is 0 Å². The molecule has 0 aliphatic carbocycles. The molecule has 0 unspecified atom stereocenters. The topological polar surface area (TPSA) is 46.2 Å². The van der Waals surface area contributed by atoms with Crippen molar-refractivity contribution in [3.05, 3.63) is 29.0 Å². The van der Waals surface area contributed by atoms with Gasteiger partial charge in [-0.2, -0.15) is 4.72 Å². The van der Waals surface area contributed by atoms with Crippen LogP contribution in [0.15, 0.2) is 23.1 Å². The number of benzene rings is 1. The van der Waals surface area contributed by atoms with Gasteiger partial charge in [-0.1, -0.05) is 17.5 Å². The SMILES string of the molecule is C#CCNS(=O)(=O)c1cc(F)ccc1Cl. The van der Waals surface area contributed by atoms with Crippen molar-refractivity contribution < 1.29 is 12.8 Å². The lowest BCUT2D eigenvalue weighted by atomic mass is 10.3. The van der Waals surface area contributed by atoms with Crippen LogP contribution >= 0.6 is 11.6 Å². The minimum atomic E-state index is -3.84. The first-order chi connectivity index (χ1) is 6.97. The summed E-state index contributed by atoms with van der Waals surface area (Å²) in [6.07, 6.45) is 4.90. The highest BCUT2D eigenvalue weighted by molar-refractivity contribution is 7.89. The van der Waals surface area contributed by atoms with Crippen LogP contribution in [0.3, 0.4) is 0 Å². The number of hydrogen-bond acceptors (Lipinski definition) is 2. The monoisotopic (exact) mass is 247 g/mol. The van der Waals surface area contributed by atoms with Gasteiger partial charge < -0.3 is 0 Å². The standard InChI is InChI=1S/C9H7ClFNO2S/c1-2-5-12-15(13,14)9-6-7(11)3-4-8(9)10/h1,3-4,6,12H,5H2. The predicted octanol–water partition coefficient (Wildman–Crippen LogP) is 1.39. The van der Waals surface area contributed by atoms with Gasteiger partial charge in [-0.05, 0) is 18.2 Å². The minimum Gasteiger partial charge on any atom is -0.207 e. The molecule has 3 nitrogen and oxygen atoms in total. The van der Waals surface area contributed by atoms with E-state index in [0.717, 1.165) is 12.1 Å². The Bertz CT molecular complexity index is 507. The van der Waals surface area contributed by atoms with Crippen molar-refractivity contribution in [2.24, 2.45) is 0 Å². The molecule has 1 N–H and O–H groups in total. The smallest absolute Gasteiger partial charge is 0.207 e. The van der Waals surface area contributed by atoms with Crippen LogP contribution in [-0.4, -0.2) is 15.0 Å². The van der Waals surface area contributed by atoms with Crippen molar-refractivity contribution in [2.75, 3.05) is 6.54 Å². The molecule has 0 bridgehead atoms. The van der Waals surface area contributed by atoms with E-state index in [0.29, 0.717) is 0 Å². The third-order valence-corrected chi connectivity index (χ3v) is 3.43. The van der Waals surface area contributed by atoms with Gasteiger partial charge in [-0.15, -0.1) is 6.42 Å². The summed E-state index contributed by atoms with van der Waals surface area (Å²) in [5, 5.41) is -0.0547. The molecule has 0 aliphatic heterocycles. The molecule has 80 valence electrons. The Morgan fingerprint density at radius 3 is 2.80 bits per heavy atom. The summed E-state index contributed by atoms with van der Waals surface area (Å²) in [7, 11) is -3.84. The normalized spacial score (nSPS) is 11.0. The lowest BCUT2D eigenvalue weighted by molar-refractivity contribution is 0.582. The Balaban J connectivity index is 3.16. The number of terminal acetylenes is 1. The largest absolute Gasteiger partial charge is 0.243 e. The quantitative estimate of drug-likeness (QED) is 0.821. The van der Waals surface area contributed by atoms with Gasteiger partial charge in [-0.3, -0.25) is 0 Å². The zero-order valence-corrected chi connectivity index (χ0v) is 9.07. The summed E-state index contributed by atoms with van der Waals surface area (Å²) >= 11 is 5.62. The zero-order chi connectivity index (χ0) is 11.5. The molecule has 1 aromatic carbocycles. The molecule has 0 saturated carbocycles. The van der Waals surface area contributed by atoms with E-state index < -0.39 is 15.8 Å². The van der Waals surface area contributed by atoms with Gasteiger partial charge in [0.15, 0.2) is 0 Å². The molecule has 15 heavy (non-hydrogen) atoms. The molecule has 0 radical (unpaired) electrons. The van der Waals surface area contributed by atoms with Crippen molar-refractivity contribution >= 4 is 21.6 Å². The molecular weight excluding hydrogens is 241 g/mol. The van der Waals surface area contributed by atoms with Gasteiger partial charge in [0, 0.05) is 0 Å². The number of sulfonamides is 1. The Kier molecular flexibility index (Phi) is 3.69. The summed E-state index contributed by atoms with van der Waals surface area (Å²) in [5.41, 5.74) is 0. The summed E-state index contributed by atoms with van der Waals surface area (Å²) in [4.78, 5) is -0.320. The number of nitrogens with one attached hydrogen (secondary N) is 1. The fourth-order valence-corrected chi connectivity index (χ4v) is 2.34. The molecular formula is C9H7ClFNO2S. The summed E-state index contributed by atoms with van der Waals surface area (Å²) in [6, 6.07) is 3.07. The van der Waals surface area contributed by atoms with E-state index in [-0.39, 0.29) is 16.5 Å². The molecule has 0 saturated heterocycles. The Morgan fingerprint density at radius 2 is 2.20 bits per heavy atom. The molecule has 0 fully saturated rings. The first-order valence-electron chi connectivity index (χ1n) is 3.85. The average molecular weight is 248 g/mol. The molecule has 1 aromatic rings. The van der Waals surface area contributed by atoms with Crippen molar-refractivity contribution in [3.63, 3.8) is 0 Å². The molecule has 0 aromatic heterocycles. The van der Waals surface area contributed by atoms with E-state index in [9.17, 15) is 12.8 Å². The van der Waals surface area contributed by atoms with E-state index in [1.807, 2.05) is 0 Å². The maximum absolute atomic E-state index is 12.8. The van der Waals surface area contributed by atoms with Crippen LogP contribution in [0.1, 0.15) is 0 Å². The van der Waals surface area contributed by atoms with Crippen LogP contribution in [0, 0.1) is 18.2 Å².